The Hall–Kier alpha value is -2.44. The summed E-state index contributed by atoms with van der Waals surface area (Å²) in [5, 5.41) is 6.73. The van der Waals surface area contributed by atoms with Crippen LogP contribution in [-0.2, 0) is 9.59 Å². The van der Waals surface area contributed by atoms with Crippen molar-refractivity contribution in [1.29, 1.82) is 0 Å². The normalized spacial score (nSPS) is 10.5. The van der Waals surface area contributed by atoms with Gasteiger partial charge >= 0.3 is 11.8 Å². The number of aromatic nitrogens is 1. The van der Waals surface area contributed by atoms with E-state index in [9.17, 15) is 9.59 Å². The van der Waals surface area contributed by atoms with Gasteiger partial charge in [0, 0.05) is 28.1 Å². The summed E-state index contributed by atoms with van der Waals surface area (Å²) in [4.78, 5) is 27.1. The number of rotatable bonds is 3. The first-order valence-corrected chi connectivity index (χ1v) is 6.81. The fraction of sp³-hybridized carbons (Fsp3) is 0. The van der Waals surface area contributed by atoms with E-state index in [2.05, 4.69) is 20.8 Å². The van der Waals surface area contributed by atoms with Crippen LogP contribution in [0.3, 0.4) is 0 Å². The molecule has 22 heavy (non-hydrogen) atoms. The molecule has 0 saturated carbocycles. The standard InChI is InChI=1S/C14H10Cl2N4O2/c15-10-5-11(16)7-12(6-10)19-13(21)14(22)20-18-8-9-1-3-17-4-2-9/h1-8H,(H,19,21)(H,20,22)/b18-8-. The van der Waals surface area contributed by atoms with Crippen molar-refractivity contribution in [3.05, 3.63) is 58.3 Å². The highest BCUT2D eigenvalue weighted by molar-refractivity contribution is 6.40. The van der Waals surface area contributed by atoms with Crippen molar-refractivity contribution in [1.82, 2.24) is 10.4 Å². The number of hydrazone groups is 1. The van der Waals surface area contributed by atoms with Gasteiger partial charge in [0.05, 0.1) is 6.21 Å². The van der Waals surface area contributed by atoms with Gasteiger partial charge in [0.2, 0.25) is 0 Å². The summed E-state index contributed by atoms with van der Waals surface area (Å²) < 4.78 is 0. The van der Waals surface area contributed by atoms with Gasteiger partial charge in [0.25, 0.3) is 0 Å². The molecule has 2 aromatic rings. The van der Waals surface area contributed by atoms with Crippen LogP contribution in [0.4, 0.5) is 5.69 Å². The Morgan fingerprint density at radius 3 is 2.32 bits per heavy atom. The van der Waals surface area contributed by atoms with Crippen LogP contribution in [0, 0.1) is 0 Å². The Kier molecular flexibility index (Phi) is 5.46. The van der Waals surface area contributed by atoms with Crippen LogP contribution in [0.2, 0.25) is 10.0 Å². The molecule has 8 heteroatoms. The zero-order valence-corrected chi connectivity index (χ0v) is 12.6. The minimum absolute atomic E-state index is 0.316. The second-order valence-electron chi connectivity index (χ2n) is 4.09. The minimum Gasteiger partial charge on any atom is -0.318 e. The second kappa shape index (κ2) is 7.53. The van der Waals surface area contributed by atoms with Crippen LogP contribution in [0.25, 0.3) is 0 Å². The highest BCUT2D eigenvalue weighted by atomic mass is 35.5. The van der Waals surface area contributed by atoms with Crippen LogP contribution in [0.15, 0.2) is 47.8 Å². The first-order valence-electron chi connectivity index (χ1n) is 6.05. The molecule has 0 bridgehead atoms. The number of benzene rings is 1. The fourth-order valence-electron chi connectivity index (χ4n) is 1.48. The molecule has 0 atom stereocenters. The lowest BCUT2D eigenvalue weighted by Crippen LogP contribution is -2.32. The van der Waals surface area contributed by atoms with Crippen molar-refractivity contribution in [2.75, 3.05) is 5.32 Å². The number of anilines is 1. The maximum Gasteiger partial charge on any atom is 0.329 e. The van der Waals surface area contributed by atoms with Crippen LogP contribution in [-0.4, -0.2) is 23.0 Å². The molecule has 0 aliphatic heterocycles. The molecule has 1 aromatic heterocycles. The van der Waals surface area contributed by atoms with Gasteiger partial charge in [-0.05, 0) is 35.9 Å². The Labute approximate surface area is 136 Å². The monoisotopic (exact) mass is 336 g/mol. The minimum atomic E-state index is -0.915. The Morgan fingerprint density at radius 1 is 1.05 bits per heavy atom. The van der Waals surface area contributed by atoms with E-state index < -0.39 is 11.8 Å². The zero-order chi connectivity index (χ0) is 15.9. The lowest BCUT2D eigenvalue weighted by Gasteiger charge is -2.05. The quantitative estimate of drug-likeness (QED) is 0.513. The number of hydrogen-bond donors (Lipinski definition) is 2. The summed E-state index contributed by atoms with van der Waals surface area (Å²) in [5.74, 6) is -1.80. The number of nitrogens with one attached hydrogen (secondary N) is 2. The average molecular weight is 337 g/mol. The predicted octanol–water partition coefficient (Wildman–Crippen LogP) is 2.48. The molecule has 1 aromatic carbocycles. The molecule has 0 saturated heterocycles. The molecule has 0 fully saturated rings. The van der Waals surface area contributed by atoms with Crippen LogP contribution < -0.4 is 10.7 Å². The number of pyridine rings is 1. The Bertz CT molecular complexity index is 700. The van der Waals surface area contributed by atoms with Crippen molar-refractivity contribution in [2.45, 2.75) is 0 Å². The Balaban J connectivity index is 1.92. The molecule has 0 unspecified atom stereocenters. The molecular formula is C14H10Cl2N4O2. The van der Waals surface area contributed by atoms with E-state index in [-0.39, 0.29) is 0 Å². The van der Waals surface area contributed by atoms with E-state index in [4.69, 9.17) is 23.2 Å². The molecule has 2 rings (SSSR count). The first-order chi connectivity index (χ1) is 10.5. The summed E-state index contributed by atoms with van der Waals surface area (Å²) in [5.41, 5.74) is 3.16. The SMILES string of the molecule is O=C(N/N=C\c1ccncc1)C(=O)Nc1cc(Cl)cc(Cl)c1. The van der Waals surface area contributed by atoms with E-state index in [0.717, 1.165) is 5.56 Å². The van der Waals surface area contributed by atoms with Gasteiger partial charge in [-0.1, -0.05) is 23.2 Å². The fourth-order valence-corrected chi connectivity index (χ4v) is 2.01. The molecule has 0 spiro atoms. The topological polar surface area (TPSA) is 83.5 Å². The Morgan fingerprint density at radius 2 is 1.68 bits per heavy atom. The number of carbonyl (C=O) groups is 2. The zero-order valence-electron chi connectivity index (χ0n) is 11.1. The molecule has 2 amide bonds. The number of halogens is 2. The summed E-state index contributed by atoms with van der Waals surface area (Å²) >= 11 is 11.6. The summed E-state index contributed by atoms with van der Waals surface area (Å²) in [6, 6.07) is 7.85. The molecule has 2 N–H and O–H groups in total. The third kappa shape index (κ3) is 4.83. The average Bonchev–Trinajstić information content (AvgIpc) is 2.47. The van der Waals surface area contributed by atoms with Crippen LogP contribution in [0.1, 0.15) is 5.56 Å². The number of nitrogens with zero attached hydrogens (tertiary/aromatic N) is 2. The van der Waals surface area contributed by atoms with Crippen LogP contribution in [0.5, 0.6) is 0 Å². The first kappa shape index (κ1) is 15.9. The molecule has 0 aliphatic rings. The lowest BCUT2D eigenvalue weighted by atomic mass is 10.3. The lowest BCUT2D eigenvalue weighted by molar-refractivity contribution is -0.136. The summed E-state index contributed by atoms with van der Waals surface area (Å²) in [6.07, 6.45) is 4.56. The van der Waals surface area contributed by atoms with Crippen molar-refractivity contribution >= 4 is 46.9 Å². The van der Waals surface area contributed by atoms with Gasteiger partial charge < -0.3 is 5.32 Å². The predicted molar refractivity (Wildman–Crippen MR) is 85.1 cm³/mol. The number of hydrogen-bond acceptors (Lipinski definition) is 4. The molecule has 6 nitrogen and oxygen atoms in total. The van der Waals surface area contributed by atoms with Crippen molar-refractivity contribution in [2.24, 2.45) is 5.10 Å². The molecule has 0 radical (unpaired) electrons. The smallest absolute Gasteiger partial charge is 0.318 e. The largest absolute Gasteiger partial charge is 0.329 e. The van der Waals surface area contributed by atoms with E-state index in [1.54, 1.807) is 24.5 Å². The van der Waals surface area contributed by atoms with E-state index >= 15 is 0 Å². The van der Waals surface area contributed by atoms with Gasteiger partial charge in [-0.2, -0.15) is 5.10 Å². The van der Waals surface area contributed by atoms with Gasteiger partial charge in [-0.25, -0.2) is 5.43 Å². The highest BCUT2D eigenvalue weighted by Gasteiger charge is 2.13. The maximum atomic E-state index is 11.7. The van der Waals surface area contributed by atoms with Crippen LogP contribution >= 0.6 is 23.2 Å². The summed E-state index contributed by atoms with van der Waals surface area (Å²) in [7, 11) is 0. The summed E-state index contributed by atoms with van der Waals surface area (Å²) in [6.45, 7) is 0. The third-order valence-electron chi connectivity index (χ3n) is 2.41. The van der Waals surface area contributed by atoms with Gasteiger partial charge in [-0.15, -0.1) is 0 Å². The van der Waals surface area contributed by atoms with Gasteiger partial charge in [0.15, 0.2) is 0 Å². The van der Waals surface area contributed by atoms with Crippen molar-refractivity contribution in [3.63, 3.8) is 0 Å². The second-order valence-corrected chi connectivity index (χ2v) is 4.96. The molecular weight excluding hydrogens is 327 g/mol. The maximum absolute atomic E-state index is 11.7. The number of amides is 2. The number of carbonyl (C=O) groups excluding carboxylic acids is 2. The van der Waals surface area contributed by atoms with Gasteiger partial charge in [-0.3, -0.25) is 14.6 Å². The van der Waals surface area contributed by atoms with Crippen molar-refractivity contribution < 1.29 is 9.59 Å². The van der Waals surface area contributed by atoms with E-state index in [1.165, 1.54) is 24.4 Å². The molecule has 112 valence electrons. The van der Waals surface area contributed by atoms with E-state index in [0.29, 0.717) is 15.7 Å². The van der Waals surface area contributed by atoms with Gasteiger partial charge in [0.1, 0.15) is 0 Å². The van der Waals surface area contributed by atoms with Crippen molar-refractivity contribution in [3.8, 4) is 0 Å². The van der Waals surface area contributed by atoms with E-state index in [1.807, 2.05) is 0 Å². The molecule has 1 heterocycles. The molecule has 0 aliphatic carbocycles. The highest BCUT2D eigenvalue weighted by Crippen LogP contribution is 2.22. The third-order valence-corrected chi connectivity index (χ3v) is 2.85.